The Morgan fingerprint density at radius 3 is 2.71 bits per heavy atom. The molecule has 0 saturated carbocycles. The minimum atomic E-state index is -0.321. The molecule has 5 rings (SSSR count). The molecule has 0 bridgehead atoms. The van der Waals surface area contributed by atoms with E-state index in [0.29, 0.717) is 29.4 Å². The minimum Gasteiger partial charge on any atom is -0.394 e. The second-order valence-corrected chi connectivity index (χ2v) is 8.82. The molecule has 1 unspecified atom stereocenters. The lowest BCUT2D eigenvalue weighted by molar-refractivity contribution is 0.131. The van der Waals surface area contributed by atoms with Crippen molar-refractivity contribution < 1.29 is 14.2 Å². The molecule has 1 N–H and O–H groups in total. The summed E-state index contributed by atoms with van der Waals surface area (Å²) in [6.07, 6.45) is 1.88. The fourth-order valence-corrected chi connectivity index (χ4v) is 4.71. The first kappa shape index (κ1) is 22.8. The summed E-state index contributed by atoms with van der Waals surface area (Å²) in [5, 5.41) is 15.4. The second kappa shape index (κ2) is 9.70. The van der Waals surface area contributed by atoms with E-state index in [1.54, 1.807) is 10.6 Å². The van der Waals surface area contributed by atoms with Gasteiger partial charge in [-0.05, 0) is 49.6 Å². The number of aliphatic hydroxyl groups is 1. The molecular formula is C26H26ClFN4O2. The van der Waals surface area contributed by atoms with Gasteiger partial charge >= 0.3 is 0 Å². The first-order valence-corrected chi connectivity index (χ1v) is 11.9. The van der Waals surface area contributed by atoms with Crippen LogP contribution in [-0.4, -0.2) is 45.5 Å². The van der Waals surface area contributed by atoms with E-state index in [2.05, 4.69) is 4.90 Å². The molecule has 34 heavy (non-hydrogen) atoms. The number of ether oxygens (including phenoxy) is 1. The maximum atomic E-state index is 14.2. The van der Waals surface area contributed by atoms with Crippen molar-refractivity contribution in [2.75, 3.05) is 24.7 Å². The molecule has 1 fully saturated rings. The van der Waals surface area contributed by atoms with Crippen LogP contribution in [0.1, 0.15) is 25.5 Å². The van der Waals surface area contributed by atoms with Crippen LogP contribution in [0.5, 0.6) is 0 Å². The number of fused-ring (bicyclic) bond motifs is 1. The highest BCUT2D eigenvalue weighted by Crippen LogP contribution is 2.35. The summed E-state index contributed by atoms with van der Waals surface area (Å²) in [4.78, 5) is 7.15. The Kier molecular flexibility index (Phi) is 6.50. The Balaban J connectivity index is 1.79. The number of rotatable bonds is 7. The molecule has 176 valence electrons. The molecule has 1 aliphatic heterocycles. The maximum absolute atomic E-state index is 14.2. The van der Waals surface area contributed by atoms with Crippen molar-refractivity contribution in [3.63, 3.8) is 0 Å². The summed E-state index contributed by atoms with van der Waals surface area (Å²) < 4.78 is 21.7. The fraction of sp³-hybridized carbons (Fsp3) is 0.308. The van der Waals surface area contributed by atoms with E-state index in [1.165, 1.54) is 12.1 Å². The van der Waals surface area contributed by atoms with Gasteiger partial charge in [0.15, 0.2) is 5.65 Å². The van der Waals surface area contributed by atoms with E-state index in [1.807, 2.05) is 43.3 Å². The van der Waals surface area contributed by atoms with E-state index in [-0.39, 0.29) is 18.5 Å². The molecule has 4 aromatic rings. The topological polar surface area (TPSA) is 62.9 Å². The normalized spacial score (nSPS) is 16.0. The Hall–Kier alpha value is -3.00. The first-order valence-electron chi connectivity index (χ1n) is 11.5. The zero-order valence-electron chi connectivity index (χ0n) is 18.9. The van der Waals surface area contributed by atoms with Crippen LogP contribution in [0, 0.1) is 5.82 Å². The maximum Gasteiger partial charge on any atom is 0.166 e. The molecule has 2 aromatic heterocycles. The van der Waals surface area contributed by atoms with E-state index in [0.717, 1.165) is 47.7 Å². The number of aliphatic hydroxyl groups excluding tert-OH is 1. The molecule has 0 spiro atoms. The van der Waals surface area contributed by atoms with Crippen molar-refractivity contribution in [1.82, 2.24) is 14.6 Å². The Morgan fingerprint density at radius 2 is 1.97 bits per heavy atom. The van der Waals surface area contributed by atoms with E-state index in [9.17, 15) is 9.50 Å². The smallest absolute Gasteiger partial charge is 0.166 e. The largest absolute Gasteiger partial charge is 0.394 e. The quantitative estimate of drug-likeness (QED) is 0.386. The van der Waals surface area contributed by atoms with Crippen LogP contribution >= 0.6 is 11.6 Å². The molecule has 2 aromatic carbocycles. The van der Waals surface area contributed by atoms with Crippen LogP contribution in [0.25, 0.3) is 28.0 Å². The summed E-state index contributed by atoms with van der Waals surface area (Å²) >= 11 is 6.15. The van der Waals surface area contributed by atoms with Crippen LogP contribution in [0.15, 0.2) is 54.6 Å². The summed E-state index contributed by atoms with van der Waals surface area (Å²) in [6, 6.07) is 16.0. The van der Waals surface area contributed by atoms with Crippen LogP contribution < -0.4 is 4.90 Å². The van der Waals surface area contributed by atoms with Crippen molar-refractivity contribution in [1.29, 1.82) is 0 Å². The molecule has 1 saturated heterocycles. The lowest BCUT2D eigenvalue weighted by atomic mass is 10.1. The van der Waals surface area contributed by atoms with Gasteiger partial charge in [0.2, 0.25) is 0 Å². The molecule has 0 radical (unpaired) electrons. The van der Waals surface area contributed by atoms with E-state index in [4.69, 9.17) is 26.4 Å². The van der Waals surface area contributed by atoms with Gasteiger partial charge in [0.05, 0.1) is 36.2 Å². The number of halogens is 2. The highest BCUT2D eigenvalue weighted by molar-refractivity contribution is 6.30. The summed E-state index contributed by atoms with van der Waals surface area (Å²) in [7, 11) is 0. The van der Waals surface area contributed by atoms with Gasteiger partial charge in [0.25, 0.3) is 0 Å². The standard InChI is InChI=1S/C26H26ClFN4O2/c1-2-34-16-22-25(17-8-10-19(27)11-9-17)26-29-24(31-12-4-7-21(31)15-33)14-23(32(26)30-22)18-5-3-6-20(28)13-18/h3,5-6,8-11,13-14,21,33H,2,4,7,12,15-16H2,1H3. The van der Waals surface area contributed by atoms with Crippen molar-refractivity contribution in [2.45, 2.75) is 32.4 Å². The second-order valence-electron chi connectivity index (χ2n) is 8.38. The average molecular weight is 481 g/mol. The van der Waals surface area contributed by atoms with Crippen LogP contribution in [0.3, 0.4) is 0 Å². The Morgan fingerprint density at radius 1 is 1.15 bits per heavy atom. The fourth-order valence-electron chi connectivity index (χ4n) is 4.59. The molecule has 1 aliphatic rings. The monoisotopic (exact) mass is 480 g/mol. The lowest BCUT2D eigenvalue weighted by Gasteiger charge is -2.25. The third-order valence-electron chi connectivity index (χ3n) is 6.23. The zero-order chi connectivity index (χ0) is 23.7. The molecule has 6 nitrogen and oxygen atoms in total. The Bertz CT molecular complexity index is 1310. The number of hydrogen-bond acceptors (Lipinski definition) is 5. The Labute approximate surface area is 202 Å². The van der Waals surface area contributed by atoms with Gasteiger partial charge in [-0.1, -0.05) is 35.9 Å². The van der Waals surface area contributed by atoms with E-state index >= 15 is 0 Å². The zero-order valence-corrected chi connectivity index (χ0v) is 19.7. The van der Waals surface area contributed by atoms with Gasteiger partial charge in [0, 0.05) is 29.8 Å². The van der Waals surface area contributed by atoms with Crippen LogP contribution in [-0.2, 0) is 11.3 Å². The van der Waals surface area contributed by atoms with Crippen molar-refractivity contribution >= 4 is 23.1 Å². The minimum absolute atomic E-state index is 0.0000999. The molecular weight excluding hydrogens is 455 g/mol. The SMILES string of the molecule is CCOCc1nn2c(-c3cccc(F)c3)cc(N3CCCC3CO)nc2c1-c1ccc(Cl)cc1. The van der Waals surface area contributed by atoms with Gasteiger partial charge in [0.1, 0.15) is 11.6 Å². The van der Waals surface area contributed by atoms with Gasteiger partial charge in [-0.25, -0.2) is 13.9 Å². The summed E-state index contributed by atoms with van der Waals surface area (Å²) in [5.41, 5.74) is 4.58. The van der Waals surface area contributed by atoms with Gasteiger partial charge in [-0.2, -0.15) is 5.10 Å². The van der Waals surface area contributed by atoms with E-state index < -0.39 is 0 Å². The molecule has 3 heterocycles. The summed E-state index contributed by atoms with van der Waals surface area (Å²) in [5.74, 6) is 0.416. The average Bonchev–Trinajstić information content (AvgIpc) is 3.47. The summed E-state index contributed by atoms with van der Waals surface area (Å²) in [6.45, 7) is 3.66. The van der Waals surface area contributed by atoms with Crippen molar-refractivity contribution in [3.8, 4) is 22.4 Å². The third kappa shape index (κ3) is 4.27. The number of aromatic nitrogens is 3. The third-order valence-corrected chi connectivity index (χ3v) is 6.48. The predicted octanol–water partition coefficient (Wildman–Crippen LogP) is 5.35. The molecule has 0 amide bonds. The number of anilines is 1. The van der Waals surface area contributed by atoms with Crippen LogP contribution in [0.2, 0.25) is 5.02 Å². The first-order chi connectivity index (χ1) is 16.6. The highest BCUT2D eigenvalue weighted by atomic mass is 35.5. The van der Waals surface area contributed by atoms with Gasteiger partial charge < -0.3 is 14.7 Å². The number of benzene rings is 2. The van der Waals surface area contributed by atoms with Gasteiger partial charge in [-0.3, -0.25) is 0 Å². The van der Waals surface area contributed by atoms with Crippen LogP contribution in [0.4, 0.5) is 10.2 Å². The van der Waals surface area contributed by atoms with Crippen molar-refractivity contribution in [3.05, 3.63) is 71.1 Å². The highest BCUT2D eigenvalue weighted by Gasteiger charge is 2.28. The molecule has 1 atom stereocenters. The molecule has 0 aliphatic carbocycles. The number of nitrogens with zero attached hydrogens (tertiary/aromatic N) is 4. The number of hydrogen-bond donors (Lipinski definition) is 1. The molecule has 8 heteroatoms. The van der Waals surface area contributed by atoms with Crippen molar-refractivity contribution in [2.24, 2.45) is 0 Å². The predicted molar refractivity (Wildman–Crippen MR) is 132 cm³/mol. The lowest BCUT2D eigenvalue weighted by Crippen LogP contribution is -2.32. The van der Waals surface area contributed by atoms with Gasteiger partial charge in [-0.15, -0.1) is 0 Å².